The van der Waals surface area contributed by atoms with Crippen LogP contribution in [0.2, 0.25) is 0 Å². The molecule has 1 aliphatic carbocycles. The fourth-order valence-corrected chi connectivity index (χ4v) is 4.53. The summed E-state index contributed by atoms with van der Waals surface area (Å²) in [4.78, 5) is 20.6. The Labute approximate surface area is 145 Å². The highest BCUT2D eigenvalue weighted by Crippen LogP contribution is 2.47. The monoisotopic (exact) mass is 335 g/mol. The molecule has 1 unspecified atom stereocenters. The van der Waals surface area contributed by atoms with Crippen molar-refractivity contribution < 1.29 is 4.79 Å². The first kappa shape index (κ1) is 17.5. The minimum Gasteiger partial charge on any atom is -0.369 e. The summed E-state index contributed by atoms with van der Waals surface area (Å²) in [7, 11) is 1.89. The molecule has 0 aromatic rings. The van der Waals surface area contributed by atoms with E-state index in [0.717, 1.165) is 57.9 Å². The van der Waals surface area contributed by atoms with Gasteiger partial charge in [-0.3, -0.25) is 9.79 Å². The molecule has 0 radical (unpaired) electrons. The average Bonchev–Trinajstić information content (AvgIpc) is 3.01. The van der Waals surface area contributed by atoms with Crippen LogP contribution in [-0.2, 0) is 4.79 Å². The normalized spacial score (nSPS) is 27.3. The highest BCUT2D eigenvalue weighted by atomic mass is 16.1. The van der Waals surface area contributed by atoms with Crippen LogP contribution in [0.15, 0.2) is 4.99 Å². The van der Waals surface area contributed by atoms with Crippen molar-refractivity contribution >= 4 is 11.9 Å². The Hall–Kier alpha value is -1.30. The van der Waals surface area contributed by atoms with Crippen LogP contribution >= 0.6 is 0 Å². The molecule has 1 saturated carbocycles. The van der Waals surface area contributed by atoms with Crippen molar-refractivity contribution in [1.82, 2.24) is 15.1 Å². The van der Waals surface area contributed by atoms with Crippen molar-refractivity contribution in [3.05, 3.63) is 0 Å². The van der Waals surface area contributed by atoms with Crippen molar-refractivity contribution in [2.45, 2.75) is 44.9 Å². The summed E-state index contributed by atoms with van der Waals surface area (Å²) in [6.45, 7) is 6.21. The largest absolute Gasteiger partial charge is 0.369 e. The topological polar surface area (TPSA) is 74.0 Å². The molecular formula is C18H33N5O. The van der Waals surface area contributed by atoms with Crippen molar-refractivity contribution in [3.63, 3.8) is 0 Å². The molecule has 0 aromatic heterocycles. The third-order valence-electron chi connectivity index (χ3n) is 6.21. The summed E-state index contributed by atoms with van der Waals surface area (Å²) in [6, 6.07) is 0. The molecule has 3 rings (SSSR count). The van der Waals surface area contributed by atoms with Gasteiger partial charge in [0, 0.05) is 33.2 Å². The van der Waals surface area contributed by atoms with E-state index in [1.807, 2.05) is 7.05 Å². The van der Waals surface area contributed by atoms with Gasteiger partial charge >= 0.3 is 0 Å². The number of likely N-dealkylation sites (tertiary alicyclic amines) is 2. The average molecular weight is 335 g/mol. The molecular weight excluding hydrogens is 302 g/mol. The van der Waals surface area contributed by atoms with Gasteiger partial charge in [0.05, 0.1) is 5.92 Å². The first-order valence-corrected chi connectivity index (χ1v) is 9.59. The zero-order valence-corrected chi connectivity index (χ0v) is 15.1. The molecule has 2 heterocycles. The lowest BCUT2D eigenvalue weighted by Crippen LogP contribution is -2.44. The fraction of sp³-hybridized carbons (Fsp3) is 0.889. The van der Waals surface area contributed by atoms with Gasteiger partial charge in [0.2, 0.25) is 5.91 Å². The van der Waals surface area contributed by atoms with E-state index in [1.54, 1.807) is 0 Å². The standard InChI is InChI=1S/C18H33N5O/c1-20-17(23-12-8-18(14-23)6-3-7-18)21-9-4-11-22-10-2-5-15(13-22)16(19)24/h15H,2-14H2,1H3,(H2,19,24)(H,20,21). The van der Waals surface area contributed by atoms with Gasteiger partial charge in [0.1, 0.15) is 0 Å². The molecule has 0 aromatic carbocycles. The van der Waals surface area contributed by atoms with Gasteiger partial charge in [0.25, 0.3) is 0 Å². The predicted octanol–water partition coefficient (Wildman–Crippen LogP) is 1.03. The number of carbonyl (C=O) groups is 1. The third kappa shape index (κ3) is 4.02. The van der Waals surface area contributed by atoms with Gasteiger partial charge in [-0.2, -0.15) is 0 Å². The number of rotatable bonds is 5. The Kier molecular flexibility index (Phi) is 5.64. The number of aliphatic imine (C=N–C) groups is 1. The van der Waals surface area contributed by atoms with Crippen LogP contribution in [-0.4, -0.2) is 68.0 Å². The number of piperidine rings is 1. The molecule has 136 valence electrons. The SMILES string of the molecule is CN=C(NCCCN1CCCC(C(N)=O)C1)N1CCC2(CCC2)C1. The quantitative estimate of drug-likeness (QED) is 0.447. The Morgan fingerprint density at radius 2 is 2.12 bits per heavy atom. The van der Waals surface area contributed by atoms with Gasteiger partial charge in [-0.1, -0.05) is 6.42 Å². The molecule has 6 nitrogen and oxygen atoms in total. The molecule has 2 aliphatic heterocycles. The third-order valence-corrected chi connectivity index (χ3v) is 6.21. The lowest BCUT2D eigenvalue weighted by Gasteiger charge is -2.38. The van der Waals surface area contributed by atoms with Crippen molar-refractivity contribution in [2.24, 2.45) is 22.1 Å². The van der Waals surface area contributed by atoms with E-state index in [1.165, 1.54) is 32.2 Å². The molecule has 1 atom stereocenters. The summed E-state index contributed by atoms with van der Waals surface area (Å²) >= 11 is 0. The number of nitrogens with zero attached hydrogens (tertiary/aromatic N) is 3. The maximum atomic E-state index is 11.3. The van der Waals surface area contributed by atoms with E-state index in [2.05, 4.69) is 20.1 Å². The lowest BCUT2D eigenvalue weighted by atomic mass is 9.68. The first-order valence-electron chi connectivity index (χ1n) is 9.59. The Morgan fingerprint density at radius 3 is 2.75 bits per heavy atom. The summed E-state index contributed by atoms with van der Waals surface area (Å²) < 4.78 is 0. The van der Waals surface area contributed by atoms with Crippen LogP contribution in [0, 0.1) is 11.3 Å². The van der Waals surface area contributed by atoms with E-state index < -0.39 is 0 Å². The van der Waals surface area contributed by atoms with E-state index >= 15 is 0 Å². The fourth-order valence-electron chi connectivity index (χ4n) is 4.53. The van der Waals surface area contributed by atoms with E-state index in [9.17, 15) is 4.79 Å². The summed E-state index contributed by atoms with van der Waals surface area (Å²) in [5.41, 5.74) is 6.06. The zero-order chi connectivity index (χ0) is 17.0. The molecule has 1 spiro atoms. The van der Waals surface area contributed by atoms with Gasteiger partial charge in [-0.25, -0.2) is 0 Å². The second-order valence-corrected chi connectivity index (χ2v) is 7.89. The number of primary amides is 1. The summed E-state index contributed by atoms with van der Waals surface area (Å²) in [6.07, 6.45) is 8.64. The number of carbonyl (C=O) groups excluding carboxylic acids is 1. The predicted molar refractivity (Wildman–Crippen MR) is 96.8 cm³/mol. The molecule has 3 N–H and O–H groups in total. The van der Waals surface area contributed by atoms with Gasteiger partial charge in [-0.15, -0.1) is 0 Å². The second-order valence-electron chi connectivity index (χ2n) is 7.89. The molecule has 24 heavy (non-hydrogen) atoms. The number of hydrogen-bond donors (Lipinski definition) is 2. The summed E-state index contributed by atoms with van der Waals surface area (Å²) in [5.74, 6) is 0.965. The van der Waals surface area contributed by atoms with Crippen LogP contribution in [0.1, 0.15) is 44.9 Å². The van der Waals surface area contributed by atoms with Crippen LogP contribution < -0.4 is 11.1 Å². The maximum absolute atomic E-state index is 11.3. The molecule has 3 aliphatic rings. The highest BCUT2D eigenvalue weighted by Gasteiger charge is 2.43. The number of guanidine groups is 1. The van der Waals surface area contributed by atoms with Crippen molar-refractivity contribution in [1.29, 1.82) is 0 Å². The minimum absolute atomic E-state index is 0.0442. The van der Waals surface area contributed by atoms with Crippen molar-refractivity contribution in [3.8, 4) is 0 Å². The van der Waals surface area contributed by atoms with E-state index in [0.29, 0.717) is 5.41 Å². The van der Waals surface area contributed by atoms with E-state index in [4.69, 9.17) is 5.73 Å². The van der Waals surface area contributed by atoms with Gasteiger partial charge < -0.3 is 20.9 Å². The molecule has 3 fully saturated rings. The second kappa shape index (κ2) is 7.72. The van der Waals surface area contributed by atoms with E-state index in [-0.39, 0.29) is 11.8 Å². The van der Waals surface area contributed by atoms with Crippen LogP contribution in [0.3, 0.4) is 0 Å². The summed E-state index contributed by atoms with van der Waals surface area (Å²) in [5, 5.41) is 3.53. The molecule has 2 saturated heterocycles. The number of hydrogen-bond acceptors (Lipinski definition) is 3. The molecule has 1 amide bonds. The molecule has 6 heteroatoms. The number of nitrogens with one attached hydrogen (secondary N) is 1. The Bertz CT molecular complexity index is 474. The minimum atomic E-state index is -0.141. The highest BCUT2D eigenvalue weighted by molar-refractivity contribution is 5.80. The Morgan fingerprint density at radius 1 is 1.29 bits per heavy atom. The zero-order valence-electron chi connectivity index (χ0n) is 15.1. The smallest absolute Gasteiger partial charge is 0.221 e. The van der Waals surface area contributed by atoms with Gasteiger partial charge in [0.15, 0.2) is 5.96 Å². The molecule has 0 bridgehead atoms. The maximum Gasteiger partial charge on any atom is 0.221 e. The first-order chi connectivity index (χ1) is 11.6. The number of amides is 1. The van der Waals surface area contributed by atoms with Crippen LogP contribution in [0.5, 0.6) is 0 Å². The van der Waals surface area contributed by atoms with Gasteiger partial charge in [-0.05, 0) is 57.0 Å². The van der Waals surface area contributed by atoms with Crippen LogP contribution in [0.25, 0.3) is 0 Å². The Balaban J connectivity index is 1.35. The van der Waals surface area contributed by atoms with Crippen LogP contribution in [0.4, 0.5) is 0 Å². The lowest BCUT2D eigenvalue weighted by molar-refractivity contribution is -0.123. The number of nitrogens with two attached hydrogens (primary N) is 1. The van der Waals surface area contributed by atoms with Crippen molar-refractivity contribution in [2.75, 3.05) is 46.3 Å².